The van der Waals surface area contributed by atoms with Gasteiger partial charge in [0.1, 0.15) is 36.1 Å². The van der Waals surface area contributed by atoms with Crippen LogP contribution in [0.3, 0.4) is 0 Å². The van der Waals surface area contributed by atoms with Gasteiger partial charge in [-0.15, -0.1) is 0 Å². The fourth-order valence-corrected chi connectivity index (χ4v) is 4.34. The first kappa shape index (κ1) is 18.7. The lowest BCUT2D eigenvalue weighted by Crippen LogP contribution is -2.26. The predicted octanol–water partition coefficient (Wildman–Crippen LogP) is 5.02. The van der Waals surface area contributed by atoms with Gasteiger partial charge in [0.15, 0.2) is 0 Å². The number of aromatic nitrogens is 4. The van der Waals surface area contributed by atoms with Crippen LogP contribution in [0, 0.1) is 12.7 Å². The van der Waals surface area contributed by atoms with Gasteiger partial charge in [0.05, 0.1) is 23.1 Å². The van der Waals surface area contributed by atoms with Crippen LogP contribution in [0.2, 0.25) is 0 Å². The van der Waals surface area contributed by atoms with Gasteiger partial charge in [0.25, 0.3) is 0 Å². The minimum atomic E-state index is -0.299. The topological polar surface area (TPSA) is 66.9 Å². The Hall–Kier alpha value is -4.00. The Kier molecular flexibility index (Phi) is 4.28. The molecule has 0 unspecified atom stereocenters. The van der Waals surface area contributed by atoms with E-state index in [9.17, 15) is 4.39 Å². The van der Waals surface area contributed by atoms with E-state index in [2.05, 4.69) is 49.1 Å². The highest BCUT2D eigenvalue weighted by Crippen LogP contribution is 2.33. The minimum absolute atomic E-state index is 0.299. The Morgan fingerprint density at radius 1 is 0.969 bits per heavy atom. The Morgan fingerprint density at radius 2 is 1.81 bits per heavy atom. The molecule has 0 radical (unpaired) electrons. The van der Waals surface area contributed by atoms with Crippen molar-refractivity contribution in [2.75, 3.05) is 18.1 Å². The van der Waals surface area contributed by atoms with E-state index in [0.717, 1.165) is 44.8 Å². The first-order valence-corrected chi connectivity index (χ1v) is 10.5. The number of H-pyrrole nitrogens is 1. The van der Waals surface area contributed by atoms with Crippen LogP contribution >= 0.6 is 0 Å². The fraction of sp³-hybridized carbons (Fsp3) is 0.160. The molecule has 0 saturated carbocycles. The van der Waals surface area contributed by atoms with Gasteiger partial charge in [-0.25, -0.2) is 19.3 Å². The van der Waals surface area contributed by atoms with Gasteiger partial charge in [0, 0.05) is 17.5 Å². The van der Waals surface area contributed by atoms with Crippen molar-refractivity contribution < 1.29 is 9.13 Å². The summed E-state index contributed by atoms with van der Waals surface area (Å²) < 4.78 is 20.0. The monoisotopic (exact) mass is 425 g/mol. The molecule has 0 bridgehead atoms. The minimum Gasteiger partial charge on any atom is -0.491 e. The average Bonchev–Trinajstić information content (AvgIpc) is 3.04. The molecule has 158 valence electrons. The van der Waals surface area contributed by atoms with Crippen LogP contribution < -0.4 is 9.64 Å². The number of benzene rings is 3. The lowest BCUT2D eigenvalue weighted by atomic mass is 10.0. The highest BCUT2D eigenvalue weighted by atomic mass is 19.1. The number of aryl methyl sites for hydroxylation is 1. The van der Waals surface area contributed by atoms with Gasteiger partial charge < -0.3 is 14.6 Å². The molecule has 3 heterocycles. The molecule has 0 spiro atoms. The molecule has 1 aliphatic heterocycles. The van der Waals surface area contributed by atoms with E-state index < -0.39 is 0 Å². The van der Waals surface area contributed by atoms with Crippen molar-refractivity contribution in [2.24, 2.45) is 0 Å². The first-order chi connectivity index (χ1) is 15.6. The Bertz CT molecular complexity index is 1480. The first-order valence-electron chi connectivity index (χ1n) is 10.5. The van der Waals surface area contributed by atoms with E-state index in [0.29, 0.717) is 30.9 Å². The average molecular weight is 425 g/mol. The molecule has 32 heavy (non-hydrogen) atoms. The molecule has 7 heteroatoms. The van der Waals surface area contributed by atoms with Crippen LogP contribution in [0.5, 0.6) is 5.75 Å². The van der Waals surface area contributed by atoms with E-state index in [1.54, 1.807) is 6.07 Å². The van der Waals surface area contributed by atoms with Crippen LogP contribution in [0.15, 0.2) is 60.9 Å². The van der Waals surface area contributed by atoms with Crippen LogP contribution in [0.25, 0.3) is 33.1 Å². The second-order valence-corrected chi connectivity index (χ2v) is 8.01. The van der Waals surface area contributed by atoms with Crippen molar-refractivity contribution >= 4 is 27.8 Å². The maximum Gasteiger partial charge on any atom is 0.140 e. The number of aromatic amines is 1. The number of nitrogens with one attached hydrogen (secondary N) is 1. The molecule has 6 rings (SSSR count). The molecule has 6 nitrogen and oxygen atoms in total. The number of hydrogen-bond acceptors (Lipinski definition) is 5. The number of fused-ring (bicyclic) bond motifs is 3. The SMILES string of the molecule is Cc1nc2ccc(-c3ccc4c(c3)CN(c3ncnc5ccc(F)cc35)CCO4)cc2[nH]1. The normalized spacial score (nSPS) is 13.8. The smallest absolute Gasteiger partial charge is 0.140 e. The number of nitrogens with zero attached hydrogens (tertiary/aromatic N) is 4. The Balaban J connectivity index is 1.40. The van der Waals surface area contributed by atoms with Gasteiger partial charge in [-0.1, -0.05) is 12.1 Å². The zero-order valence-electron chi connectivity index (χ0n) is 17.5. The van der Waals surface area contributed by atoms with Crippen molar-refractivity contribution in [2.45, 2.75) is 13.5 Å². The van der Waals surface area contributed by atoms with Crippen molar-refractivity contribution in [1.82, 2.24) is 19.9 Å². The van der Waals surface area contributed by atoms with Crippen LogP contribution in [0.4, 0.5) is 10.2 Å². The third-order valence-electron chi connectivity index (χ3n) is 5.85. The number of imidazole rings is 1. The van der Waals surface area contributed by atoms with Crippen LogP contribution in [-0.2, 0) is 6.54 Å². The number of halogens is 1. The van der Waals surface area contributed by atoms with Crippen molar-refractivity contribution in [3.8, 4) is 16.9 Å². The van der Waals surface area contributed by atoms with Crippen molar-refractivity contribution in [1.29, 1.82) is 0 Å². The maximum atomic E-state index is 14.0. The molecule has 0 saturated heterocycles. The highest BCUT2D eigenvalue weighted by molar-refractivity contribution is 5.89. The molecule has 0 amide bonds. The summed E-state index contributed by atoms with van der Waals surface area (Å²) >= 11 is 0. The van der Waals surface area contributed by atoms with Gasteiger partial charge in [0.2, 0.25) is 0 Å². The molecule has 1 N–H and O–H groups in total. The van der Waals surface area contributed by atoms with E-state index in [-0.39, 0.29) is 5.82 Å². The third kappa shape index (κ3) is 3.22. The summed E-state index contributed by atoms with van der Waals surface area (Å²) in [4.78, 5) is 18.7. The number of ether oxygens (including phenoxy) is 1. The molecule has 2 aromatic heterocycles. The second-order valence-electron chi connectivity index (χ2n) is 8.01. The van der Waals surface area contributed by atoms with Gasteiger partial charge in [-0.3, -0.25) is 0 Å². The third-order valence-corrected chi connectivity index (χ3v) is 5.85. The molecule has 5 aromatic rings. The zero-order chi connectivity index (χ0) is 21.7. The lowest BCUT2D eigenvalue weighted by molar-refractivity contribution is 0.331. The van der Waals surface area contributed by atoms with E-state index in [1.807, 2.05) is 19.1 Å². The number of hydrogen-bond donors (Lipinski definition) is 1. The predicted molar refractivity (Wildman–Crippen MR) is 122 cm³/mol. The molecule has 0 aliphatic carbocycles. The van der Waals surface area contributed by atoms with Crippen molar-refractivity contribution in [3.05, 3.63) is 78.1 Å². The molecular weight excluding hydrogens is 405 g/mol. The summed E-state index contributed by atoms with van der Waals surface area (Å²) in [5.41, 5.74) is 5.96. The van der Waals surface area contributed by atoms with Gasteiger partial charge in [-0.2, -0.15) is 0 Å². The summed E-state index contributed by atoms with van der Waals surface area (Å²) in [6, 6.07) is 17.1. The maximum absolute atomic E-state index is 14.0. The molecule has 1 aliphatic rings. The lowest BCUT2D eigenvalue weighted by Gasteiger charge is -2.22. The van der Waals surface area contributed by atoms with Crippen molar-refractivity contribution in [3.63, 3.8) is 0 Å². The zero-order valence-corrected chi connectivity index (χ0v) is 17.5. The quantitative estimate of drug-likeness (QED) is 0.430. The number of anilines is 1. The molecular formula is C25H20FN5O. The standard InChI is InChI=1S/C25H20FN5O/c1-15-29-22-5-2-17(11-23(22)30-15)16-3-7-24-18(10-16)13-31(8-9-32-24)25-20-12-19(26)4-6-21(20)27-14-28-25/h2-7,10-12,14H,8-9,13H2,1H3,(H,29,30). The van der Waals surface area contributed by atoms with E-state index in [1.165, 1.54) is 18.5 Å². The van der Waals surface area contributed by atoms with Crippen LogP contribution in [0.1, 0.15) is 11.4 Å². The summed E-state index contributed by atoms with van der Waals surface area (Å²) in [6.45, 7) is 3.73. The molecule has 0 fully saturated rings. The van der Waals surface area contributed by atoms with E-state index in [4.69, 9.17) is 4.74 Å². The van der Waals surface area contributed by atoms with Gasteiger partial charge in [-0.05, 0) is 60.5 Å². The number of rotatable bonds is 2. The highest BCUT2D eigenvalue weighted by Gasteiger charge is 2.20. The Morgan fingerprint density at radius 3 is 2.75 bits per heavy atom. The van der Waals surface area contributed by atoms with Crippen LogP contribution in [-0.4, -0.2) is 33.1 Å². The largest absolute Gasteiger partial charge is 0.491 e. The molecule has 3 aromatic carbocycles. The molecule has 0 atom stereocenters. The van der Waals surface area contributed by atoms with E-state index >= 15 is 0 Å². The fourth-order valence-electron chi connectivity index (χ4n) is 4.34. The summed E-state index contributed by atoms with van der Waals surface area (Å²) in [6.07, 6.45) is 1.53. The second kappa shape index (κ2) is 7.30. The summed E-state index contributed by atoms with van der Waals surface area (Å²) in [7, 11) is 0. The van der Waals surface area contributed by atoms with Gasteiger partial charge >= 0.3 is 0 Å². The Labute approximate surface area is 183 Å². The summed E-state index contributed by atoms with van der Waals surface area (Å²) in [5, 5.41) is 0.701. The summed E-state index contributed by atoms with van der Waals surface area (Å²) in [5.74, 6) is 2.17.